The van der Waals surface area contributed by atoms with Crippen LogP contribution in [0.1, 0.15) is 38.0 Å². The number of ether oxygens (including phenoxy) is 2. The van der Waals surface area contributed by atoms with Crippen LogP contribution in [-0.2, 0) is 11.2 Å². The van der Waals surface area contributed by atoms with Gasteiger partial charge < -0.3 is 19.7 Å². The number of aliphatic hydroxyl groups excluding tert-OH is 2. The number of nitrogens with zero attached hydrogens (tertiary/aromatic N) is 2. The lowest BCUT2D eigenvalue weighted by Gasteiger charge is -2.34. The zero-order valence-corrected chi connectivity index (χ0v) is 20.9. The van der Waals surface area contributed by atoms with E-state index in [-0.39, 0.29) is 13.2 Å². The minimum Gasteiger partial charge on any atom is -0.444 e. The molecule has 2 N–H and O–H groups in total. The predicted octanol–water partition coefficient (Wildman–Crippen LogP) is 5.40. The van der Waals surface area contributed by atoms with Gasteiger partial charge in [0.25, 0.3) is 0 Å². The number of amides is 1. The van der Waals surface area contributed by atoms with Gasteiger partial charge >= 0.3 is 6.09 Å². The molecule has 3 aromatic rings. The van der Waals surface area contributed by atoms with Gasteiger partial charge in [0.05, 0.1) is 25.3 Å². The van der Waals surface area contributed by atoms with Gasteiger partial charge in [-0.1, -0.05) is 41.9 Å². The summed E-state index contributed by atoms with van der Waals surface area (Å²) in [4.78, 5) is 18.6. The highest BCUT2D eigenvalue weighted by atomic mass is 35.5. The molecule has 0 saturated heterocycles. The smallest absolute Gasteiger partial charge is 0.410 e. The second kappa shape index (κ2) is 12.0. The topological polar surface area (TPSA) is 92.1 Å². The van der Waals surface area contributed by atoms with Gasteiger partial charge in [-0.3, -0.25) is 4.90 Å². The van der Waals surface area contributed by atoms with Crippen molar-refractivity contribution < 1.29 is 24.5 Å². The summed E-state index contributed by atoms with van der Waals surface area (Å²) < 4.78 is 11.3. The summed E-state index contributed by atoms with van der Waals surface area (Å²) in [5.74, 6) is 1.10. The Bertz CT molecular complexity index is 1090. The van der Waals surface area contributed by atoms with Gasteiger partial charge in [-0.05, 0) is 68.7 Å². The predicted molar refractivity (Wildman–Crippen MR) is 135 cm³/mol. The minimum atomic E-state index is -1.01. The fourth-order valence-corrected chi connectivity index (χ4v) is 3.66. The lowest BCUT2D eigenvalue weighted by molar-refractivity contribution is -0.00373. The largest absolute Gasteiger partial charge is 0.444 e. The van der Waals surface area contributed by atoms with E-state index in [1.54, 1.807) is 69.4 Å². The van der Waals surface area contributed by atoms with Crippen molar-refractivity contribution in [1.29, 1.82) is 0 Å². The number of aliphatic hydroxyl groups is 2. The molecular weight excluding hydrogens is 468 g/mol. The number of carbonyl (C=O) groups excluding carboxylic acids is 1. The number of hydrogen-bond acceptors (Lipinski definition) is 6. The summed E-state index contributed by atoms with van der Waals surface area (Å²) in [5.41, 5.74) is 0.711. The molecule has 0 aliphatic rings. The SMILES string of the molecule is CC(C)(C)OC(=O)N(C[C@@H](O)c1cccc(Cl)c1)C(CO)Cc1ccc(Oc2ccccn2)cc1. The molecule has 1 aromatic heterocycles. The molecule has 0 fully saturated rings. The van der Waals surface area contributed by atoms with Gasteiger partial charge in [-0.2, -0.15) is 0 Å². The lowest BCUT2D eigenvalue weighted by atomic mass is 10.0. The summed E-state index contributed by atoms with van der Waals surface area (Å²) in [6.07, 6.45) is 0.373. The third-order valence-corrected chi connectivity index (χ3v) is 5.37. The molecular formula is C27H31ClN2O5. The molecule has 7 nitrogen and oxygen atoms in total. The first-order chi connectivity index (χ1) is 16.6. The van der Waals surface area contributed by atoms with Crippen LogP contribution in [0.5, 0.6) is 11.6 Å². The van der Waals surface area contributed by atoms with Crippen molar-refractivity contribution in [1.82, 2.24) is 9.88 Å². The van der Waals surface area contributed by atoms with Gasteiger partial charge in [-0.25, -0.2) is 9.78 Å². The lowest BCUT2D eigenvalue weighted by Crippen LogP contribution is -2.48. The van der Waals surface area contributed by atoms with Crippen LogP contribution in [0.3, 0.4) is 0 Å². The molecule has 0 radical (unpaired) electrons. The quantitative estimate of drug-likeness (QED) is 0.410. The van der Waals surface area contributed by atoms with Gasteiger partial charge in [-0.15, -0.1) is 0 Å². The first-order valence-electron chi connectivity index (χ1n) is 11.4. The van der Waals surface area contributed by atoms with Crippen molar-refractivity contribution in [3.8, 4) is 11.6 Å². The molecule has 0 spiro atoms. The Hall–Kier alpha value is -3.13. The molecule has 1 amide bonds. The Morgan fingerprint density at radius 1 is 1.09 bits per heavy atom. The van der Waals surface area contributed by atoms with E-state index in [1.807, 2.05) is 24.3 Å². The molecule has 186 valence electrons. The number of benzene rings is 2. The highest BCUT2D eigenvalue weighted by Gasteiger charge is 2.30. The molecule has 1 heterocycles. The van der Waals surface area contributed by atoms with Gasteiger partial charge in [0.1, 0.15) is 11.4 Å². The molecule has 0 aliphatic heterocycles. The van der Waals surface area contributed by atoms with Crippen molar-refractivity contribution in [2.45, 2.75) is 44.9 Å². The molecule has 0 bridgehead atoms. The van der Waals surface area contributed by atoms with E-state index in [0.29, 0.717) is 28.6 Å². The number of hydrogen-bond donors (Lipinski definition) is 2. The molecule has 35 heavy (non-hydrogen) atoms. The first kappa shape index (κ1) is 26.5. The van der Waals surface area contributed by atoms with Crippen LogP contribution >= 0.6 is 11.6 Å². The molecule has 2 atom stereocenters. The zero-order chi connectivity index (χ0) is 25.4. The van der Waals surface area contributed by atoms with Crippen molar-refractivity contribution in [2.24, 2.45) is 0 Å². The Morgan fingerprint density at radius 2 is 1.83 bits per heavy atom. The third kappa shape index (κ3) is 8.24. The fraction of sp³-hybridized carbons (Fsp3) is 0.333. The summed E-state index contributed by atoms with van der Waals surface area (Å²) in [7, 11) is 0. The number of carbonyl (C=O) groups is 1. The van der Waals surface area contributed by atoms with E-state index in [9.17, 15) is 15.0 Å². The van der Waals surface area contributed by atoms with Crippen molar-refractivity contribution in [3.63, 3.8) is 0 Å². The maximum atomic E-state index is 13.1. The summed E-state index contributed by atoms with van der Waals surface area (Å²) in [6, 6.07) is 18.9. The number of aromatic nitrogens is 1. The van der Waals surface area contributed by atoms with Crippen LogP contribution in [0.15, 0.2) is 72.9 Å². The minimum absolute atomic E-state index is 0.0681. The average molecular weight is 499 g/mol. The van der Waals surface area contributed by atoms with E-state index in [1.165, 1.54) is 4.90 Å². The molecule has 8 heteroatoms. The van der Waals surface area contributed by atoms with Crippen LogP contribution < -0.4 is 4.74 Å². The molecule has 2 aromatic carbocycles. The van der Waals surface area contributed by atoms with Crippen LogP contribution in [0, 0.1) is 0 Å². The Kier molecular flexibility index (Phi) is 9.09. The standard InChI is InChI=1S/C27H31ClN2O5/c1-27(2,3)35-26(33)30(17-24(32)20-7-6-8-21(28)16-20)22(18-31)15-19-10-12-23(13-11-19)34-25-9-4-5-14-29-25/h4-14,16,22,24,31-32H,15,17-18H2,1-3H3/t22?,24-/m1/s1. The number of rotatable bonds is 9. The number of pyridine rings is 1. The van der Waals surface area contributed by atoms with E-state index in [0.717, 1.165) is 5.56 Å². The molecule has 0 aliphatic carbocycles. The van der Waals surface area contributed by atoms with Crippen molar-refractivity contribution in [2.75, 3.05) is 13.2 Å². The highest BCUT2D eigenvalue weighted by Crippen LogP contribution is 2.24. The fourth-order valence-electron chi connectivity index (χ4n) is 3.47. The van der Waals surface area contributed by atoms with Crippen LogP contribution in [0.4, 0.5) is 4.79 Å². The Balaban J connectivity index is 1.77. The van der Waals surface area contributed by atoms with E-state index >= 15 is 0 Å². The maximum Gasteiger partial charge on any atom is 0.410 e. The second-order valence-electron chi connectivity index (χ2n) is 9.16. The van der Waals surface area contributed by atoms with Gasteiger partial charge in [0.15, 0.2) is 0 Å². The molecule has 3 rings (SSSR count). The van der Waals surface area contributed by atoms with E-state index in [2.05, 4.69) is 4.98 Å². The van der Waals surface area contributed by atoms with Gasteiger partial charge in [0.2, 0.25) is 5.88 Å². The monoisotopic (exact) mass is 498 g/mol. The maximum absolute atomic E-state index is 13.1. The van der Waals surface area contributed by atoms with Crippen molar-refractivity contribution >= 4 is 17.7 Å². The zero-order valence-electron chi connectivity index (χ0n) is 20.1. The van der Waals surface area contributed by atoms with Crippen LogP contribution in [0.2, 0.25) is 5.02 Å². The van der Waals surface area contributed by atoms with Crippen LogP contribution in [-0.4, -0.2) is 51.0 Å². The molecule has 1 unspecified atom stereocenters. The number of halogens is 1. The summed E-state index contributed by atoms with van der Waals surface area (Å²) in [5, 5.41) is 21.5. The second-order valence-corrected chi connectivity index (χ2v) is 9.59. The van der Waals surface area contributed by atoms with E-state index < -0.39 is 23.8 Å². The normalized spacial score (nSPS) is 13.1. The molecule has 0 saturated carbocycles. The van der Waals surface area contributed by atoms with Crippen LogP contribution in [0.25, 0.3) is 0 Å². The average Bonchev–Trinajstić information content (AvgIpc) is 2.81. The Morgan fingerprint density at radius 3 is 2.43 bits per heavy atom. The van der Waals surface area contributed by atoms with Crippen molar-refractivity contribution in [3.05, 3.63) is 89.1 Å². The first-order valence-corrected chi connectivity index (χ1v) is 11.7. The Labute approximate surface area is 210 Å². The van der Waals surface area contributed by atoms with Gasteiger partial charge in [0, 0.05) is 17.3 Å². The summed E-state index contributed by atoms with van der Waals surface area (Å²) >= 11 is 6.07. The summed E-state index contributed by atoms with van der Waals surface area (Å²) in [6.45, 7) is 4.93. The third-order valence-electron chi connectivity index (χ3n) is 5.14. The highest BCUT2D eigenvalue weighted by molar-refractivity contribution is 6.30. The van der Waals surface area contributed by atoms with E-state index in [4.69, 9.17) is 21.1 Å².